The highest BCUT2D eigenvalue weighted by atomic mass is 32.2. The molecule has 1 amide bonds. The van der Waals surface area contributed by atoms with Gasteiger partial charge in [0.25, 0.3) is 0 Å². The van der Waals surface area contributed by atoms with Gasteiger partial charge in [0.05, 0.1) is 17.4 Å². The molecule has 0 spiro atoms. The van der Waals surface area contributed by atoms with Crippen LogP contribution in [-0.2, 0) is 19.4 Å². The SMILES string of the molecule is CC(C)C(NC(=O)C1CCS(=O)(=O)C1)C(=O)O. The molecule has 2 N–H and O–H groups in total. The minimum Gasteiger partial charge on any atom is -0.480 e. The number of amides is 1. The van der Waals surface area contributed by atoms with Gasteiger partial charge in [-0.15, -0.1) is 0 Å². The van der Waals surface area contributed by atoms with Crippen LogP contribution in [0, 0.1) is 11.8 Å². The molecule has 1 aliphatic rings. The van der Waals surface area contributed by atoms with Crippen LogP contribution in [0.2, 0.25) is 0 Å². The zero-order chi connectivity index (χ0) is 13.2. The molecular weight excluding hydrogens is 246 g/mol. The molecule has 0 saturated carbocycles. The maximum Gasteiger partial charge on any atom is 0.326 e. The van der Waals surface area contributed by atoms with Crippen molar-refractivity contribution in [3.8, 4) is 0 Å². The van der Waals surface area contributed by atoms with Crippen molar-refractivity contribution in [3.05, 3.63) is 0 Å². The minimum atomic E-state index is -3.13. The Balaban J connectivity index is 2.63. The fourth-order valence-corrected chi connectivity index (χ4v) is 3.53. The lowest BCUT2D eigenvalue weighted by Gasteiger charge is -2.19. The molecule has 17 heavy (non-hydrogen) atoms. The number of nitrogens with one attached hydrogen (secondary N) is 1. The first-order chi connectivity index (χ1) is 7.73. The maximum atomic E-state index is 11.7. The summed E-state index contributed by atoms with van der Waals surface area (Å²) in [6, 6.07) is -0.967. The van der Waals surface area contributed by atoms with Crippen LogP contribution in [0.1, 0.15) is 20.3 Å². The number of hydrogen-bond acceptors (Lipinski definition) is 4. The number of carbonyl (C=O) groups excluding carboxylic acids is 1. The van der Waals surface area contributed by atoms with Gasteiger partial charge in [-0.3, -0.25) is 4.79 Å². The highest BCUT2D eigenvalue weighted by Crippen LogP contribution is 2.19. The summed E-state index contributed by atoms with van der Waals surface area (Å²) in [6.45, 7) is 3.37. The van der Waals surface area contributed by atoms with E-state index in [0.717, 1.165) is 0 Å². The first-order valence-corrected chi connectivity index (χ1v) is 7.28. The van der Waals surface area contributed by atoms with Crippen LogP contribution in [0.15, 0.2) is 0 Å². The third-order valence-electron chi connectivity index (χ3n) is 2.83. The zero-order valence-corrected chi connectivity index (χ0v) is 10.7. The molecule has 0 bridgehead atoms. The minimum absolute atomic E-state index is 0.00447. The van der Waals surface area contributed by atoms with Crippen molar-refractivity contribution in [2.45, 2.75) is 26.3 Å². The molecule has 0 aromatic rings. The number of sulfone groups is 1. The number of hydrogen-bond donors (Lipinski definition) is 2. The fourth-order valence-electron chi connectivity index (χ4n) is 1.79. The summed E-state index contributed by atoms with van der Waals surface area (Å²) in [5.74, 6) is -2.61. The van der Waals surface area contributed by atoms with E-state index < -0.39 is 33.7 Å². The summed E-state index contributed by atoms with van der Waals surface area (Å²) < 4.78 is 22.4. The van der Waals surface area contributed by atoms with Gasteiger partial charge >= 0.3 is 5.97 Å². The van der Waals surface area contributed by atoms with Gasteiger partial charge in [-0.1, -0.05) is 13.8 Å². The quantitative estimate of drug-likeness (QED) is 0.722. The average molecular weight is 263 g/mol. The molecule has 1 aliphatic heterocycles. The molecule has 2 atom stereocenters. The molecule has 1 saturated heterocycles. The molecule has 2 unspecified atom stereocenters. The third kappa shape index (κ3) is 3.69. The van der Waals surface area contributed by atoms with Gasteiger partial charge in [0.15, 0.2) is 9.84 Å². The van der Waals surface area contributed by atoms with E-state index in [4.69, 9.17) is 5.11 Å². The molecular formula is C10H17NO5S. The molecule has 0 aromatic carbocycles. The number of aliphatic carboxylic acids is 1. The number of carboxylic acids is 1. The molecule has 0 aliphatic carbocycles. The highest BCUT2D eigenvalue weighted by Gasteiger charge is 2.35. The summed E-state index contributed by atoms with van der Waals surface area (Å²) in [5.41, 5.74) is 0. The molecule has 6 nitrogen and oxygen atoms in total. The Bertz CT molecular complexity index is 414. The Hall–Kier alpha value is -1.11. The monoisotopic (exact) mass is 263 g/mol. The molecule has 0 radical (unpaired) electrons. The summed E-state index contributed by atoms with van der Waals surface area (Å²) in [6.07, 6.45) is 0.276. The van der Waals surface area contributed by atoms with Gasteiger partial charge in [-0.2, -0.15) is 0 Å². The van der Waals surface area contributed by atoms with E-state index in [-0.39, 0.29) is 23.8 Å². The topological polar surface area (TPSA) is 101 Å². The Labute approximate surface area is 100 Å². The van der Waals surface area contributed by atoms with Gasteiger partial charge < -0.3 is 10.4 Å². The lowest BCUT2D eigenvalue weighted by molar-refractivity contribution is -0.143. The van der Waals surface area contributed by atoms with Crippen LogP contribution in [0.25, 0.3) is 0 Å². The van der Waals surface area contributed by atoms with Gasteiger partial charge in [-0.25, -0.2) is 13.2 Å². The molecule has 98 valence electrons. The number of carbonyl (C=O) groups is 2. The standard InChI is InChI=1S/C10H17NO5S/c1-6(2)8(10(13)14)11-9(12)7-3-4-17(15,16)5-7/h6-8H,3-5H2,1-2H3,(H,11,12)(H,13,14). The summed E-state index contributed by atoms with van der Waals surface area (Å²) in [7, 11) is -3.13. The predicted octanol–water partition coefficient (Wildman–Crippen LogP) is -0.353. The second-order valence-electron chi connectivity index (χ2n) is 4.67. The Morgan fingerprint density at radius 2 is 1.94 bits per heavy atom. The zero-order valence-electron chi connectivity index (χ0n) is 9.84. The van der Waals surface area contributed by atoms with Crippen molar-refractivity contribution in [2.24, 2.45) is 11.8 Å². The summed E-state index contributed by atoms with van der Waals surface area (Å²) in [4.78, 5) is 22.6. The molecule has 1 fully saturated rings. The van der Waals surface area contributed by atoms with Gasteiger partial charge in [0, 0.05) is 0 Å². The first kappa shape index (κ1) is 14.0. The van der Waals surface area contributed by atoms with Crippen molar-refractivity contribution in [1.82, 2.24) is 5.32 Å². The average Bonchev–Trinajstić information content (AvgIpc) is 2.53. The van der Waals surface area contributed by atoms with Gasteiger partial charge in [0.2, 0.25) is 5.91 Å². The van der Waals surface area contributed by atoms with Crippen molar-refractivity contribution < 1.29 is 23.1 Å². The molecule has 7 heteroatoms. The molecule has 1 rings (SSSR count). The Kier molecular flexibility index (Phi) is 4.13. The van der Waals surface area contributed by atoms with Crippen LogP contribution in [0.5, 0.6) is 0 Å². The van der Waals surface area contributed by atoms with Gasteiger partial charge in [0.1, 0.15) is 6.04 Å². The molecule has 1 heterocycles. The lowest BCUT2D eigenvalue weighted by atomic mass is 10.0. The van der Waals surface area contributed by atoms with Crippen molar-refractivity contribution in [3.63, 3.8) is 0 Å². The van der Waals surface area contributed by atoms with E-state index >= 15 is 0 Å². The largest absolute Gasteiger partial charge is 0.480 e. The molecule has 0 aromatic heterocycles. The summed E-state index contributed by atoms with van der Waals surface area (Å²) >= 11 is 0. The van der Waals surface area contributed by atoms with Crippen LogP contribution in [0.4, 0.5) is 0 Å². The number of rotatable bonds is 4. The smallest absolute Gasteiger partial charge is 0.326 e. The maximum absolute atomic E-state index is 11.7. The second-order valence-corrected chi connectivity index (χ2v) is 6.90. The van der Waals surface area contributed by atoms with Crippen LogP contribution in [-0.4, -0.2) is 42.9 Å². The third-order valence-corrected chi connectivity index (χ3v) is 4.60. The summed E-state index contributed by atoms with van der Waals surface area (Å²) in [5, 5.41) is 11.3. The number of carboxylic acid groups (broad SMARTS) is 1. The highest BCUT2D eigenvalue weighted by molar-refractivity contribution is 7.91. The second kappa shape index (κ2) is 5.03. The van der Waals surface area contributed by atoms with Crippen molar-refractivity contribution in [2.75, 3.05) is 11.5 Å². The van der Waals surface area contributed by atoms with E-state index in [2.05, 4.69) is 5.32 Å². The van der Waals surface area contributed by atoms with Crippen molar-refractivity contribution >= 4 is 21.7 Å². The first-order valence-electron chi connectivity index (χ1n) is 5.46. The Morgan fingerprint density at radius 1 is 1.35 bits per heavy atom. The van der Waals surface area contributed by atoms with Crippen LogP contribution < -0.4 is 5.32 Å². The van der Waals surface area contributed by atoms with E-state index in [1.807, 2.05) is 0 Å². The lowest BCUT2D eigenvalue weighted by Crippen LogP contribution is -2.46. The predicted molar refractivity (Wildman–Crippen MR) is 61.2 cm³/mol. The van der Waals surface area contributed by atoms with E-state index in [1.165, 1.54) is 0 Å². The van der Waals surface area contributed by atoms with E-state index in [0.29, 0.717) is 0 Å². The normalized spacial score (nSPS) is 24.5. The van der Waals surface area contributed by atoms with E-state index in [9.17, 15) is 18.0 Å². The van der Waals surface area contributed by atoms with Crippen LogP contribution >= 0.6 is 0 Å². The van der Waals surface area contributed by atoms with E-state index in [1.54, 1.807) is 13.8 Å². The Morgan fingerprint density at radius 3 is 2.29 bits per heavy atom. The van der Waals surface area contributed by atoms with Gasteiger partial charge in [-0.05, 0) is 12.3 Å². The van der Waals surface area contributed by atoms with Crippen LogP contribution in [0.3, 0.4) is 0 Å². The fraction of sp³-hybridized carbons (Fsp3) is 0.800. The van der Waals surface area contributed by atoms with Crippen molar-refractivity contribution in [1.29, 1.82) is 0 Å².